The third kappa shape index (κ3) is 4.16. The summed E-state index contributed by atoms with van der Waals surface area (Å²) < 4.78 is 30.3. The summed E-state index contributed by atoms with van der Waals surface area (Å²) in [4.78, 5) is 11.9. The third-order valence-electron chi connectivity index (χ3n) is 3.08. The number of carbonyl (C=O) groups excluding carboxylic acids is 1. The Kier molecular flexibility index (Phi) is 4.42. The number of nitrogens with one attached hydrogen (secondary N) is 1. The smallest absolute Gasteiger partial charge is 0.240 e. The number of aryl methyl sites for hydroxylation is 2. The summed E-state index contributed by atoms with van der Waals surface area (Å²) >= 11 is 0. The van der Waals surface area contributed by atoms with Gasteiger partial charge < -0.3 is 4.52 Å². The van der Waals surface area contributed by atoms with Gasteiger partial charge in [0.25, 0.3) is 0 Å². The van der Waals surface area contributed by atoms with Crippen molar-refractivity contribution in [3.05, 3.63) is 52.9 Å². The van der Waals surface area contributed by atoms with Crippen LogP contribution in [-0.4, -0.2) is 19.5 Å². The maximum atomic E-state index is 11.9. The lowest BCUT2D eigenvalue weighted by Gasteiger charge is -2.10. The highest BCUT2D eigenvalue weighted by Gasteiger charge is 2.18. The first kappa shape index (κ1) is 15.2. The molecular weight excluding hydrogens is 292 g/mol. The molecule has 1 aromatic heterocycles. The molecule has 0 unspecified atom stereocenters. The molecule has 0 spiro atoms. The van der Waals surface area contributed by atoms with Crippen LogP contribution >= 0.6 is 0 Å². The van der Waals surface area contributed by atoms with Crippen molar-refractivity contribution in [1.82, 2.24) is 9.88 Å². The van der Waals surface area contributed by atoms with E-state index in [1.165, 1.54) is 12.3 Å². The van der Waals surface area contributed by atoms with Crippen LogP contribution in [0.5, 0.6) is 0 Å². The van der Waals surface area contributed by atoms with Crippen molar-refractivity contribution in [2.45, 2.75) is 26.0 Å². The first-order chi connectivity index (χ1) is 9.87. The van der Waals surface area contributed by atoms with E-state index in [2.05, 4.69) is 9.68 Å². The van der Waals surface area contributed by atoms with Gasteiger partial charge in [-0.3, -0.25) is 9.52 Å². The fourth-order valence-electron chi connectivity index (χ4n) is 2.04. The van der Waals surface area contributed by atoms with Gasteiger partial charge >= 0.3 is 0 Å². The Morgan fingerprint density at radius 2 is 1.90 bits per heavy atom. The molecule has 0 aliphatic rings. The normalized spacial score (nSPS) is 11.3. The fraction of sp³-hybridized carbons (Fsp3) is 0.286. The zero-order valence-electron chi connectivity index (χ0n) is 11.8. The predicted octanol–water partition coefficient (Wildman–Crippen LogP) is 1.48. The van der Waals surface area contributed by atoms with Crippen LogP contribution in [-0.2, 0) is 27.0 Å². The van der Waals surface area contributed by atoms with Gasteiger partial charge in [-0.2, -0.15) is 0 Å². The van der Waals surface area contributed by atoms with E-state index < -0.39 is 15.9 Å². The highest BCUT2D eigenvalue weighted by Crippen LogP contribution is 2.14. The van der Waals surface area contributed by atoms with Crippen molar-refractivity contribution in [1.29, 1.82) is 0 Å². The van der Waals surface area contributed by atoms with E-state index in [-0.39, 0.29) is 17.9 Å². The van der Waals surface area contributed by atoms with Gasteiger partial charge in [-0.25, -0.2) is 8.42 Å². The second-order valence-electron chi connectivity index (χ2n) is 4.82. The monoisotopic (exact) mass is 308 g/mol. The predicted molar refractivity (Wildman–Crippen MR) is 76.9 cm³/mol. The van der Waals surface area contributed by atoms with Gasteiger partial charge in [0.15, 0.2) is 0 Å². The highest BCUT2D eigenvalue weighted by atomic mass is 32.2. The second-order valence-corrected chi connectivity index (χ2v) is 6.54. The fourth-order valence-corrected chi connectivity index (χ4v) is 3.07. The lowest BCUT2D eigenvalue weighted by atomic mass is 10.0. The average molecular weight is 308 g/mol. The molecule has 0 fully saturated rings. The second kappa shape index (κ2) is 6.09. The molecule has 6 nitrogen and oxygen atoms in total. The van der Waals surface area contributed by atoms with E-state index in [4.69, 9.17) is 0 Å². The summed E-state index contributed by atoms with van der Waals surface area (Å²) in [5.41, 5.74) is 3.01. The van der Waals surface area contributed by atoms with Crippen LogP contribution in [0.2, 0.25) is 0 Å². The standard InChI is InChI=1S/C14H16N2O4S/c1-10-4-3-5-11(2)13(10)8-14(17)16-21(18,19)9-12-6-7-20-15-12/h3-7H,8-9H2,1-2H3,(H,16,17). The SMILES string of the molecule is Cc1cccc(C)c1CC(=O)NS(=O)(=O)Cc1ccon1. The number of nitrogens with zero attached hydrogens (tertiary/aromatic N) is 1. The Morgan fingerprint density at radius 3 is 2.48 bits per heavy atom. The Morgan fingerprint density at radius 1 is 1.24 bits per heavy atom. The van der Waals surface area contributed by atoms with E-state index >= 15 is 0 Å². The molecule has 7 heteroatoms. The molecule has 1 amide bonds. The molecular formula is C14H16N2O4S. The maximum Gasteiger partial charge on any atom is 0.240 e. The van der Waals surface area contributed by atoms with Gasteiger partial charge in [0.1, 0.15) is 17.7 Å². The quantitative estimate of drug-likeness (QED) is 0.903. The van der Waals surface area contributed by atoms with E-state index in [0.717, 1.165) is 16.7 Å². The Balaban J connectivity index is 2.04. The number of benzene rings is 1. The molecule has 112 valence electrons. The topological polar surface area (TPSA) is 89.3 Å². The van der Waals surface area contributed by atoms with Crippen molar-refractivity contribution in [2.24, 2.45) is 0 Å². The largest absolute Gasteiger partial charge is 0.364 e. The molecule has 1 heterocycles. The number of hydrogen-bond donors (Lipinski definition) is 1. The molecule has 1 aromatic carbocycles. The van der Waals surface area contributed by atoms with E-state index in [1.807, 2.05) is 36.8 Å². The molecule has 0 radical (unpaired) electrons. The molecule has 0 atom stereocenters. The van der Waals surface area contributed by atoms with Crippen LogP contribution in [0.25, 0.3) is 0 Å². The highest BCUT2D eigenvalue weighted by molar-refractivity contribution is 7.89. The van der Waals surface area contributed by atoms with E-state index in [0.29, 0.717) is 0 Å². The van der Waals surface area contributed by atoms with Crippen molar-refractivity contribution >= 4 is 15.9 Å². The van der Waals surface area contributed by atoms with Gasteiger partial charge in [0.2, 0.25) is 15.9 Å². The van der Waals surface area contributed by atoms with E-state index in [9.17, 15) is 13.2 Å². The van der Waals surface area contributed by atoms with Crippen LogP contribution in [0, 0.1) is 13.8 Å². The van der Waals surface area contributed by atoms with Crippen molar-refractivity contribution in [3.63, 3.8) is 0 Å². The molecule has 0 aliphatic heterocycles. The number of aromatic nitrogens is 1. The molecule has 2 aromatic rings. The number of sulfonamides is 1. The lowest BCUT2D eigenvalue weighted by molar-refractivity contribution is -0.118. The van der Waals surface area contributed by atoms with Gasteiger partial charge in [-0.1, -0.05) is 23.4 Å². The summed E-state index contributed by atoms with van der Waals surface area (Å²) in [5.74, 6) is -0.946. The number of rotatable bonds is 5. The minimum atomic E-state index is -3.77. The first-order valence-corrected chi connectivity index (χ1v) is 8.00. The molecule has 21 heavy (non-hydrogen) atoms. The van der Waals surface area contributed by atoms with Crippen molar-refractivity contribution in [2.75, 3.05) is 0 Å². The molecule has 0 aliphatic carbocycles. The number of hydrogen-bond acceptors (Lipinski definition) is 5. The summed E-state index contributed by atoms with van der Waals surface area (Å²) in [6.45, 7) is 3.78. The first-order valence-electron chi connectivity index (χ1n) is 6.35. The van der Waals surface area contributed by atoms with Crippen molar-refractivity contribution < 1.29 is 17.7 Å². The van der Waals surface area contributed by atoms with Crippen molar-refractivity contribution in [3.8, 4) is 0 Å². The van der Waals surface area contributed by atoms with Crippen LogP contribution in [0.15, 0.2) is 35.1 Å². The van der Waals surface area contributed by atoms with Crippen LogP contribution in [0.3, 0.4) is 0 Å². The zero-order chi connectivity index (χ0) is 15.5. The number of amides is 1. The number of carbonyl (C=O) groups is 1. The maximum absolute atomic E-state index is 11.9. The van der Waals surface area contributed by atoms with Gasteiger partial charge in [0, 0.05) is 6.07 Å². The lowest BCUT2D eigenvalue weighted by Crippen LogP contribution is -2.33. The Hall–Kier alpha value is -2.15. The third-order valence-corrected chi connectivity index (χ3v) is 4.29. The van der Waals surface area contributed by atoms with Crippen LogP contribution in [0.4, 0.5) is 0 Å². The molecule has 0 saturated heterocycles. The summed E-state index contributed by atoms with van der Waals surface area (Å²) in [6, 6.07) is 7.11. The molecule has 0 saturated carbocycles. The molecule has 2 rings (SSSR count). The Labute approximate surface area is 123 Å². The molecule has 1 N–H and O–H groups in total. The van der Waals surface area contributed by atoms with Crippen LogP contribution < -0.4 is 4.72 Å². The minimum Gasteiger partial charge on any atom is -0.364 e. The minimum absolute atomic E-state index is 0.0244. The van der Waals surface area contributed by atoms with E-state index in [1.54, 1.807) is 0 Å². The Bertz CT molecular complexity index is 716. The molecule has 0 bridgehead atoms. The van der Waals surface area contributed by atoms with Gasteiger partial charge in [-0.15, -0.1) is 0 Å². The van der Waals surface area contributed by atoms with Gasteiger partial charge in [0.05, 0.1) is 6.42 Å². The van der Waals surface area contributed by atoms with Gasteiger partial charge in [-0.05, 0) is 30.5 Å². The summed E-state index contributed by atoms with van der Waals surface area (Å²) in [7, 11) is -3.77. The average Bonchev–Trinajstić information content (AvgIpc) is 2.85. The summed E-state index contributed by atoms with van der Waals surface area (Å²) in [6.07, 6.45) is 1.31. The summed E-state index contributed by atoms with van der Waals surface area (Å²) in [5, 5.41) is 3.52. The zero-order valence-corrected chi connectivity index (χ0v) is 12.6. The van der Waals surface area contributed by atoms with Crippen LogP contribution in [0.1, 0.15) is 22.4 Å².